The summed E-state index contributed by atoms with van der Waals surface area (Å²) in [6.45, 7) is 0. The van der Waals surface area contributed by atoms with Crippen LogP contribution in [0.25, 0.3) is 0 Å². The van der Waals surface area contributed by atoms with Crippen molar-refractivity contribution in [1.82, 2.24) is 0 Å². The average Bonchev–Trinajstić information content (AvgIpc) is 2.24. The molecule has 0 saturated heterocycles. The van der Waals surface area contributed by atoms with E-state index < -0.39 is 5.41 Å². The number of methoxy groups -OCH3 is 1. The van der Waals surface area contributed by atoms with Crippen LogP contribution in [-0.2, 0) is 10.2 Å². The molecule has 0 unspecified atom stereocenters. The summed E-state index contributed by atoms with van der Waals surface area (Å²) in [5.41, 5.74) is -0.0752. The average molecular weight is 217 g/mol. The molecule has 1 aliphatic carbocycles. The van der Waals surface area contributed by atoms with Gasteiger partial charge in [0.25, 0.3) is 0 Å². The molecule has 16 heavy (non-hydrogen) atoms. The molecular weight excluding hydrogens is 206 g/mol. The Labute approximate surface area is 93.1 Å². The summed E-state index contributed by atoms with van der Waals surface area (Å²) >= 11 is 0. The van der Waals surface area contributed by atoms with Gasteiger partial charge in [0.2, 0.25) is 0 Å². The van der Waals surface area contributed by atoms with E-state index in [9.17, 15) is 9.90 Å². The number of nitrogens with zero attached hydrogens (tertiary/aromatic N) is 1. The zero-order chi connectivity index (χ0) is 11.8. The van der Waals surface area contributed by atoms with Gasteiger partial charge in [-0.15, -0.1) is 0 Å². The second kappa shape index (κ2) is 3.53. The van der Waals surface area contributed by atoms with E-state index in [-0.39, 0.29) is 24.4 Å². The Morgan fingerprint density at radius 1 is 1.50 bits per heavy atom. The Morgan fingerprint density at radius 3 is 2.62 bits per heavy atom. The molecule has 0 aliphatic heterocycles. The van der Waals surface area contributed by atoms with Gasteiger partial charge in [-0.3, -0.25) is 4.79 Å². The van der Waals surface area contributed by atoms with Gasteiger partial charge in [0, 0.05) is 12.8 Å². The number of phenolic OH excluding ortho intramolecular Hbond substituents is 1. The number of carbonyl (C=O) groups is 1. The Morgan fingerprint density at radius 2 is 2.19 bits per heavy atom. The first-order chi connectivity index (χ1) is 7.61. The minimum atomic E-state index is -0.749. The van der Waals surface area contributed by atoms with Gasteiger partial charge in [-0.1, -0.05) is 6.07 Å². The number of benzene rings is 1. The van der Waals surface area contributed by atoms with Crippen molar-refractivity contribution in [3.8, 4) is 17.6 Å². The van der Waals surface area contributed by atoms with E-state index in [0.29, 0.717) is 11.3 Å². The van der Waals surface area contributed by atoms with Crippen LogP contribution in [0.4, 0.5) is 0 Å². The van der Waals surface area contributed by atoms with Crippen LogP contribution in [0.3, 0.4) is 0 Å². The summed E-state index contributed by atoms with van der Waals surface area (Å²) in [5, 5.41) is 18.7. The van der Waals surface area contributed by atoms with Gasteiger partial charge in [-0.25, -0.2) is 0 Å². The molecule has 1 aliphatic rings. The number of nitriles is 1. The van der Waals surface area contributed by atoms with Crippen molar-refractivity contribution in [2.75, 3.05) is 7.11 Å². The number of ether oxygens (including phenoxy) is 1. The highest BCUT2D eigenvalue weighted by Crippen LogP contribution is 2.43. The van der Waals surface area contributed by atoms with Crippen LogP contribution < -0.4 is 4.74 Å². The van der Waals surface area contributed by atoms with Crippen molar-refractivity contribution in [2.45, 2.75) is 18.3 Å². The van der Waals surface area contributed by atoms with Crippen molar-refractivity contribution in [3.05, 3.63) is 23.8 Å². The second-order valence-electron chi connectivity index (χ2n) is 3.97. The molecule has 0 aromatic heterocycles. The predicted molar refractivity (Wildman–Crippen MR) is 56.2 cm³/mol. The second-order valence-corrected chi connectivity index (χ2v) is 3.97. The first kappa shape index (κ1) is 10.5. The third-order valence-electron chi connectivity index (χ3n) is 2.94. The zero-order valence-electron chi connectivity index (χ0n) is 8.86. The molecular formula is C12H11NO3. The topological polar surface area (TPSA) is 70.3 Å². The van der Waals surface area contributed by atoms with E-state index in [1.165, 1.54) is 13.2 Å². The van der Waals surface area contributed by atoms with Crippen LogP contribution in [0.15, 0.2) is 18.2 Å². The highest BCUT2D eigenvalue weighted by Gasteiger charge is 2.45. The molecule has 2 rings (SSSR count). The minimum Gasteiger partial charge on any atom is -0.504 e. The Bertz CT molecular complexity index is 480. The first-order valence-electron chi connectivity index (χ1n) is 4.92. The predicted octanol–water partition coefficient (Wildman–Crippen LogP) is 1.53. The van der Waals surface area contributed by atoms with Crippen LogP contribution in [0, 0.1) is 11.3 Å². The summed E-state index contributed by atoms with van der Waals surface area (Å²) in [6.07, 6.45) is 0.463. The third-order valence-corrected chi connectivity index (χ3v) is 2.94. The summed E-state index contributed by atoms with van der Waals surface area (Å²) in [5.74, 6) is 0.438. The van der Waals surface area contributed by atoms with Crippen LogP contribution in [0.5, 0.6) is 11.5 Å². The summed E-state index contributed by atoms with van der Waals surface area (Å²) in [6, 6.07) is 6.97. The van der Waals surface area contributed by atoms with Gasteiger partial charge in [-0.2, -0.15) is 5.26 Å². The van der Waals surface area contributed by atoms with Crippen molar-refractivity contribution < 1.29 is 14.6 Å². The molecule has 0 radical (unpaired) electrons. The van der Waals surface area contributed by atoms with E-state index >= 15 is 0 Å². The number of hydrogen-bond donors (Lipinski definition) is 1. The van der Waals surface area contributed by atoms with Crippen LogP contribution in [-0.4, -0.2) is 18.0 Å². The fraction of sp³-hybridized carbons (Fsp3) is 0.333. The molecule has 82 valence electrons. The zero-order valence-corrected chi connectivity index (χ0v) is 8.86. The third kappa shape index (κ3) is 1.41. The maximum absolute atomic E-state index is 11.0. The van der Waals surface area contributed by atoms with Crippen LogP contribution in [0.2, 0.25) is 0 Å². The molecule has 0 amide bonds. The van der Waals surface area contributed by atoms with E-state index in [1.54, 1.807) is 12.1 Å². The molecule has 1 aromatic rings. The maximum Gasteiger partial charge on any atom is 0.160 e. The molecule has 1 N–H and O–H groups in total. The largest absolute Gasteiger partial charge is 0.504 e. The maximum atomic E-state index is 11.0. The molecule has 1 fully saturated rings. The van der Waals surface area contributed by atoms with Gasteiger partial charge in [0.1, 0.15) is 5.78 Å². The molecule has 0 bridgehead atoms. The number of Topliss-reactive ketones (excluding diaryl/α,β-unsaturated/α-hetero) is 1. The van der Waals surface area contributed by atoms with E-state index in [1.807, 2.05) is 0 Å². The van der Waals surface area contributed by atoms with Gasteiger partial charge in [0.15, 0.2) is 11.5 Å². The lowest BCUT2D eigenvalue weighted by atomic mass is 9.65. The van der Waals surface area contributed by atoms with Crippen LogP contribution >= 0.6 is 0 Å². The minimum absolute atomic E-state index is 0.00558. The number of hydrogen-bond acceptors (Lipinski definition) is 4. The standard InChI is InChI=1S/C12H11NO3/c1-16-11-3-2-8(4-10(11)15)12(7-13)5-9(14)6-12/h2-4,15H,5-6H2,1H3. The van der Waals surface area contributed by atoms with Gasteiger partial charge in [0.05, 0.1) is 18.6 Å². The highest BCUT2D eigenvalue weighted by molar-refractivity contribution is 5.90. The lowest BCUT2D eigenvalue weighted by Crippen LogP contribution is -2.40. The van der Waals surface area contributed by atoms with E-state index in [0.717, 1.165) is 0 Å². The lowest BCUT2D eigenvalue weighted by molar-refractivity contribution is -0.126. The van der Waals surface area contributed by atoms with Crippen molar-refractivity contribution in [1.29, 1.82) is 5.26 Å². The summed E-state index contributed by atoms with van der Waals surface area (Å²) in [4.78, 5) is 11.0. The highest BCUT2D eigenvalue weighted by atomic mass is 16.5. The van der Waals surface area contributed by atoms with Gasteiger partial charge >= 0.3 is 0 Å². The molecule has 0 heterocycles. The number of rotatable bonds is 2. The molecule has 0 spiro atoms. The lowest BCUT2D eigenvalue weighted by Gasteiger charge is -2.34. The van der Waals surface area contributed by atoms with Crippen molar-refractivity contribution in [2.24, 2.45) is 0 Å². The van der Waals surface area contributed by atoms with E-state index in [4.69, 9.17) is 10.00 Å². The normalized spacial score (nSPS) is 17.4. The fourth-order valence-electron chi connectivity index (χ4n) is 1.96. The molecule has 4 heteroatoms. The monoisotopic (exact) mass is 217 g/mol. The summed E-state index contributed by atoms with van der Waals surface area (Å²) < 4.78 is 4.92. The number of ketones is 1. The number of phenols is 1. The molecule has 1 saturated carbocycles. The SMILES string of the molecule is COc1ccc(C2(C#N)CC(=O)C2)cc1O. The number of carbonyl (C=O) groups excluding carboxylic acids is 1. The van der Waals surface area contributed by atoms with Crippen LogP contribution in [0.1, 0.15) is 18.4 Å². The fourth-order valence-corrected chi connectivity index (χ4v) is 1.96. The van der Waals surface area contributed by atoms with E-state index in [2.05, 4.69) is 6.07 Å². The quantitative estimate of drug-likeness (QED) is 0.815. The molecule has 1 aromatic carbocycles. The number of aromatic hydroxyl groups is 1. The Hall–Kier alpha value is -2.02. The van der Waals surface area contributed by atoms with Gasteiger partial charge < -0.3 is 9.84 Å². The molecule has 0 atom stereocenters. The summed E-state index contributed by atoms with van der Waals surface area (Å²) in [7, 11) is 1.46. The smallest absolute Gasteiger partial charge is 0.160 e. The van der Waals surface area contributed by atoms with Crippen molar-refractivity contribution >= 4 is 5.78 Å². The molecule has 4 nitrogen and oxygen atoms in total. The van der Waals surface area contributed by atoms with Crippen molar-refractivity contribution in [3.63, 3.8) is 0 Å². The first-order valence-corrected chi connectivity index (χ1v) is 4.92. The van der Waals surface area contributed by atoms with Gasteiger partial charge in [-0.05, 0) is 17.7 Å². The Kier molecular flexibility index (Phi) is 2.31. The Balaban J connectivity index is 2.38.